The van der Waals surface area contributed by atoms with Crippen LogP contribution in [0.15, 0.2) is 23.3 Å². The fraction of sp³-hybridized carbons (Fsp3) is 0.667. The van der Waals surface area contributed by atoms with E-state index in [0.29, 0.717) is 0 Å². The molecular formula is C12H20. The molecule has 0 nitrogen and oxygen atoms in total. The van der Waals surface area contributed by atoms with Crippen LogP contribution in [0.4, 0.5) is 0 Å². The molecule has 0 heteroatoms. The van der Waals surface area contributed by atoms with Gasteiger partial charge in [0.1, 0.15) is 0 Å². The molecule has 1 saturated carbocycles. The topological polar surface area (TPSA) is 0 Å². The van der Waals surface area contributed by atoms with E-state index in [0.717, 1.165) is 0 Å². The van der Waals surface area contributed by atoms with Gasteiger partial charge in [-0.3, -0.25) is 0 Å². The first kappa shape index (κ1) is 9.57. The first-order valence-corrected chi connectivity index (χ1v) is 5.22. The van der Waals surface area contributed by atoms with Gasteiger partial charge in [-0.2, -0.15) is 0 Å². The average Bonchev–Trinajstić information content (AvgIpc) is 2.87. The monoisotopic (exact) mass is 164 g/mol. The highest BCUT2D eigenvalue weighted by Gasteiger charge is 2.08. The lowest BCUT2D eigenvalue weighted by Crippen LogP contribution is -1.80. The van der Waals surface area contributed by atoms with Crippen LogP contribution in [0, 0.1) is 0 Å². The van der Waals surface area contributed by atoms with E-state index in [1.807, 2.05) is 0 Å². The highest BCUT2D eigenvalue weighted by Crippen LogP contribution is 2.28. The van der Waals surface area contributed by atoms with Crippen LogP contribution in [0.3, 0.4) is 0 Å². The summed E-state index contributed by atoms with van der Waals surface area (Å²) in [6.45, 7) is 4.47. The Morgan fingerprint density at radius 2 is 2.08 bits per heavy atom. The van der Waals surface area contributed by atoms with E-state index in [1.165, 1.54) is 38.5 Å². The lowest BCUT2D eigenvalue weighted by Gasteiger charge is -2.00. The van der Waals surface area contributed by atoms with Gasteiger partial charge in [0.15, 0.2) is 0 Å². The second kappa shape index (κ2) is 5.18. The van der Waals surface area contributed by atoms with Gasteiger partial charge in [-0.1, -0.05) is 37.1 Å². The van der Waals surface area contributed by atoms with Crippen LogP contribution >= 0.6 is 0 Å². The van der Waals surface area contributed by atoms with Crippen molar-refractivity contribution in [2.24, 2.45) is 0 Å². The predicted molar refractivity (Wildman–Crippen MR) is 55.2 cm³/mol. The molecule has 0 N–H and O–H groups in total. The Hall–Kier alpha value is -0.520. The van der Waals surface area contributed by atoms with Crippen LogP contribution < -0.4 is 0 Å². The first-order valence-electron chi connectivity index (χ1n) is 5.22. The van der Waals surface area contributed by atoms with Crippen LogP contribution in [0.1, 0.15) is 52.4 Å². The minimum Gasteiger partial charge on any atom is -0.0856 e. The van der Waals surface area contributed by atoms with Crippen LogP contribution in [-0.4, -0.2) is 0 Å². The van der Waals surface area contributed by atoms with E-state index in [1.54, 1.807) is 11.1 Å². The fourth-order valence-corrected chi connectivity index (χ4v) is 1.45. The van der Waals surface area contributed by atoms with Gasteiger partial charge in [0.05, 0.1) is 0 Å². The Bertz CT molecular complexity index is 178. The standard InChI is InChI=1S/C12H20/c1-3-6-11(4-2)7-5-8-12-9-10-12/h6,8H,3-5,7,9-10H2,1-2H3/b11-6+. The van der Waals surface area contributed by atoms with Gasteiger partial charge in [0.25, 0.3) is 0 Å². The molecule has 0 aliphatic heterocycles. The maximum absolute atomic E-state index is 2.43. The zero-order chi connectivity index (χ0) is 8.81. The Morgan fingerprint density at radius 1 is 1.33 bits per heavy atom. The molecule has 0 saturated heterocycles. The van der Waals surface area contributed by atoms with Crippen molar-refractivity contribution in [2.75, 3.05) is 0 Å². The average molecular weight is 164 g/mol. The summed E-state index contributed by atoms with van der Waals surface area (Å²) in [5.74, 6) is 0. The van der Waals surface area contributed by atoms with Crippen molar-refractivity contribution >= 4 is 0 Å². The highest BCUT2D eigenvalue weighted by molar-refractivity contribution is 5.16. The van der Waals surface area contributed by atoms with Crippen molar-refractivity contribution in [1.82, 2.24) is 0 Å². The van der Waals surface area contributed by atoms with Gasteiger partial charge in [-0.05, 0) is 38.5 Å². The molecule has 0 amide bonds. The van der Waals surface area contributed by atoms with Gasteiger partial charge >= 0.3 is 0 Å². The third-order valence-electron chi connectivity index (χ3n) is 2.38. The molecule has 0 radical (unpaired) electrons. The van der Waals surface area contributed by atoms with Crippen LogP contribution in [0.25, 0.3) is 0 Å². The summed E-state index contributed by atoms with van der Waals surface area (Å²) in [7, 11) is 0. The van der Waals surface area contributed by atoms with Crippen LogP contribution in [-0.2, 0) is 0 Å². The third-order valence-corrected chi connectivity index (χ3v) is 2.38. The molecule has 0 atom stereocenters. The van der Waals surface area contributed by atoms with E-state index in [-0.39, 0.29) is 0 Å². The molecule has 0 unspecified atom stereocenters. The van der Waals surface area contributed by atoms with Gasteiger partial charge in [0.2, 0.25) is 0 Å². The fourth-order valence-electron chi connectivity index (χ4n) is 1.45. The molecule has 0 bridgehead atoms. The number of rotatable bonds is 5. The molecule has 0 aromatic heterocycles. The van der Waals surface area contributed by atoms with Crippen molar-refractivity contribution in [3.05, 3.63) is 23.3 Å². The molecule has 68 valence electrons. The Balaban J connectivity index is 2.18. The van der Waals surface area contributed by atoms with Gasteiger partial charge < -0.3 is 0 Å². The molecule has 1 rings (SSSR count). The Labute approximate surface area is 76.4 Å². The molecule has 0 aromatic carbocycles. The normalized spacial score (nSPS) is 16.5. The minimum atomic E-state index is 1.19. The van der Waals surface area contributed by atoms with Crippen molar-refractivity contribution in [3.8, 4) is 0 Å². The maximum Gasteiger partial charge on any atom is -0.0283 e. The molecule has 1 aliphatic carbocycles. The number of hydrogen-bond donors (Lipinski definition) is 0. The summed E-state index contributed by atoms with van der Waals surface area (Å²) in [4.78, 5) is 0. The zero-order valence-corrected chi connectivity index (χ0v) is 8.40. The zero-order valence-electron chi connectivity index (χ0n) is 8.40. The lowest BCUT2D eigenvalue weighted by molar-refractivity contribution is 0.893. The Morgan fingerprint density at radius 3 is 2.58 bits per heavy atom. The molecule has 12 heavy (non-hydrogen) atoms. The van der Waals surface area contributed by atoms with Gasteiger partial charge in [-0.15, -0.1) is 0 Å². The molecule has 0 spiro atoms. The largest absolute Gasteiger partial charge is 0.0856 e. The van der Waals surface area contributed by atoms with Crippen LogP contribution in [0.5, 0.6) is 0 Å². The van der Waals surface area contributed by atoms with Crippen molar-refractivity contribution < 1.29 is 0 Å². The lowest BCUT2D eigenvalue weighted by atomic mass is 10.1. The van der Waals surface area contributed by atoms with Crippen molar-refractivity contribution in [2.45, 2.75) is 52.4 Å². The maximum atomic E-state index is 2.43. The van der Waals surface area contributed by atoms with E-state index < -0.39 is 0 Å². The second-order valence-electron chi connectivity index (χ2n) is 3.53. The van der Waals surface area contributed by atoms with Crippen LogP contribution in [0.2, 0.25) is 0 Å². The van der Waals surface area contributed by atoms with E-state index >= 15 is 0 Å². The smallest absolute Gasteiger partial charge is 0.0283 e. The van der Waals surface area contributed by atoms with Crippen molar-refractivity contribution in [3.63, 3.8) is 0 Å². The van der Waals surface area contributed by atoms with Gasteiger partial charge in [-0.25, -0.2) is 0 Å². The van der Waals surface area contributed by atoms with E-state index in [9.17, 15) is 0 Å². The number of allylic oxidation sites excluding steroid dienone is 4. The summed E-state index contributed by atoms with van der Waals surface area (Å²) < 4.78 is 0. The summed E-state index contributed by atoms with van der Waals surface area (Å²) in [6, 6.07) is 0. The summed E-state index contributed by atoms with van der Waals surface area (Å²) >= 11 is 0. The first-order chi connectivity index (χ1) is 5.86. The second-order valence-corrected chi connectivity index (χ2v) is 3.53. The quantitative estimate of drug-likeness (QED) is 0.533. The number of hydrogen-bond acceptors (Lipinski definition) is 0. The summed E-state index contributed by atoms with van der Waals surface area (Å²) in [5, 5.41) is 0. The summed E-state index contributed by atoms with van der Waals surface area (Å²) in [5.41, 5.74) is 3.32. The highest BCUT2D eigenvalue weighted by atomic mass is 14.1. The SMILES string of the molecule is CC/C=C(\CC)CCC=C1CC1. The molecule has 0 heterocycles. The molecule has 1 fully saturated rings. The Kier molecular flexibility index (Phi) is 4.13. The van der Waals surface area contributed by atoms with Crippen molar-refractivity contribution in [1.29, 1.82) is 0 Å². The van der Waals surface area contributed by atoms with Gasteiger partial charge in [0, 0.05) is 0 Å². The van der Waals surface area contributed by atoms with E-state index in [4.69, 9.17) is 0 Å². The molecule has 0 aromatic rings. The predicted octanol–water partition coefficient (Wildman–Crippen LogP) is 4.23. The molecule has 1 aliphatic rings. The van der Waals surface area contributed by atoms with E-state index in [2.05, 4.69) is 26.0 Å². The minimum absolute atomic E-state index is 1.19. The summed E-state index contributed by atoms with van der Waals surface area (Å²) in [6.07, 6.45) is 12.5. The third kappa shape index (κ3) is 3.75. The molecular weight excluding hydrogens is 144 g/mol.